The molecule has 19 heavy (non-hydrogen) atoms. The van der Waals surface area contributed by atoms with Crippen molar-refractivity contribution in [1.82, 2.24) is 0 Å². The molecule has 0 atom stereocenters. The first-order valence-corrected chi connectivity index (χ1v) is 5.96. The van der Waals surface area contributed by atoms with Crippen LogP contribution in [-0.4, -0.2) is 22.7 Å². The maximum absolute atomic E-state index is 10.4. The molecule has 98 valence electrons. The smallest absolute Gasteiger partial charge is 0.322 e. The highest BCUT2D eigenvalue weighted by molar-refractivity contribution is 5.72. The molecule has 0 saturated heterocycles. The quantitative estimate of drug-likeness (QED) is 0.769. The van der Waals surface area contributed by atoms with Gasteiger partial charge in [0.2, 0.25) is 0 Å². The molecule has 0 aliphatic carbocycles. The number of carboxylic acid groups (broad SMARTS) is 1. The first-order chi connectivity index (χ1) is 9.13. The predicted octanol–water partition coefficient (Wildman–Crippen LogP) is 2.48. The number of carbonyl (C=O) groups is 1. The molecule has 2 aromatic rings. The van der Waals surface area contributed by atoms with Gasteiger partial charge < -0.3 is 15.5 Å². The molecule has 0 bridgehead atoms. The zero-order chi connectivity index (χ0) is 13.7. The second-order valence-corrected chi connectivity index (χ2v) is 4.29. The average molecular weight is 257 g/mol. The standard InChI is InChI=1S/C15H15NO3/c17-14-7-3-12(4-8-14)9-11-1-5-13(6-2-11)16-10-15(18)19/h1-8,16-17H,9-10H2,(H,18,19). The van der Waals surface area contributed by atoms with Gasteiger partial charge in [-0.05, 0) is 41.8 Å². The molecule has 4 nitrogen and oxygen atoms in total. The Morgan fingerprint density at radius 1 is 0.947 bits per heavy atom. The number of benzene rings is 2. The van der Waals surface area contributed by atoms with Crippen LogP contribution in [0.25, 0.3) is 0 Å². The van der Waals surface area contributed by atoms with Crippen molar-refractivity contribution in [2.45, 2.75) is 6.42 Å². The molecule has 0 amide bonds. The summed E-state index contributed by atoms with van der Waals surface area (Å²) in [6.07, 6.45) is 0.777. The molecule has 0 aliphatic heterocycles. The Hall–Kier alpha value is -2.49. The molecule has 0 aromatic heterocycles. The normalized spacial score (nSPS) is 10.1. The van der Waals surface area contributed by atoms with Gasteiger partial charge in [0.05, 0.1) is 0 Å². The van der Waals surface area contributed by atoms with Gasteiger partial charge >= 0.3 is 5.97 Å². The number of aliphatic carboxylic acids is 1. The second-order valence-electron chi connectivity index (χ2n) is 4.29. The van der Waals surface area contributed by atoms with Crippen LogP contribution in [-0.2, 0) is 11.2 Å². The summed E-state index contributed by atoms with van der Waals surface area (Å²) < 4.78 is 0. The summed E-state index contributed by atoms with van der Waals surface area (Å²) in [7, 11) is 0. The number of phenolic OH excluding ortho intramolecular Hbond substituents is 1. The summed E-state index contributed by atoms with van der Waals surface area (Å²) in [5, 5.41) is 20.6. The zero-order valence-electron chi connectivity index (χ0n) is 10.3. The Balaban J connectivity index is 1.98. The summed E-state index contributed by atoms with van der Waals surface area (Å²) in [6.45, 7) is -0.0860. The summed E-state index contributed by atoms with van der Waals surface area (Å²) >= 11 is 0. The van der Waals surface area contributed by atoms with Gasteiger partial charge in [-0.3, -0.25) is 4.79 Å². The van der Waals surface area contributed by atoms with Gasteiger partial charge in [0.25, 0.3) is 0 Å². The molecule has 0 fully saturated rings. The highest BCUT2D eigenvalue weighted by Gasteiger charge is 1.99. The van der Waals surface area contributed by atoms with E-state index in [1.54, 1.807) is 12.1 Å². The van der Waals surface area contributed by atoms with Crippen LogP contribution in [0, 0.1) is 0 Å². The van der Waals surface area contributed by atoms with Gasteiger partial charge in [-0.15, -0.1) is 0 Å². The molecule has 0 aliphatic rings. The summed E-state index contributed by atoms with van der Waals surface area (Å²) in [5.74, 6) is -0.620. The molecule has 2 aromatic carbocycles. The van der Waals surface area contributed by atoms with Crippen molar-refractivity contribution < 1.29 is 15.0 Å². The number of hydrogen-bond donors (Lipinski definition) is 3. The van der Waals surface area contributed by atoms with Crippen molar-refractivity contribution >= 4 is 11.7 Å². The molecule has 0 saturated carbocycles. The van der Waals surface area contributed by atoms with Crippen LogP contribution < -0.4 is 5.32 Å². The molecule has 3 N–H and O–H groups in total. The summed E-state index contributed by atoms with van der Waals surface area (Å²) in [5.41, 5.74) is 3.03. The van der Waals surface area contributed by atoms with E-state index < -0.39 is 5.97 Å². The SMILES string of the molecule is O=C(O)CNc1ccc(Cc2ccc(O)cc2)cc1. The molecule has 0 unspecified atom stereocenters. The van der Waals surface area contributed by atoms with Crippen LogP contribution in [0.1, 0.15) is 11.1 Å². The Labute approximate surface area is 111 Å². The second kappa shape index (κ2) is 5.91. The first-order valence-electron chi connectivity index (χ1n) is 5.96. The number of anilines is 1. The lowest BCUT2D eigenvalue weighted by Gasteiger charge is -2.06. The first kappa shape index (κ1) is 13.0. The lowest BCUT2D eigenvalue weighted by Crippen LogP contribution is -2.12. The molecule has 0 spiro atoms. The van der Waals surface area contributed by atoms with E-state index in [4.69, 9.17) is 5.11 Å². The zero-order valence-corrected chi connectivity index (χ0v) is 10.3. The molecule has 0 heterocycles. The van der Waals surface area contributed by atoms with Crippen molar-refractivity contribution in [2.24, 2.45) is 0 Å². The van der Waals surface area contributed by atoms with Gasteiger partial charge in [-0.2, -0.15) is 0 Å². The maximum Gasteiger partial charge on any atom is 0.322 e. The van der Waals surface area contributed by atoms with Gasteiger partial charge in [0.1, 0.15) is 12.3 Å². The summed E-state index contributed by atoms with van der Waals surface area (Å²) in [4.78, 5) is 10.4. The van der Waals surface area contributed by atoms with Crippen LogP contribution in [0.5, 0.6) is 5.75 Å². The fourth-order valence-electron chi connectivity index (χ4n) is 1.77. The van der Waals surface area contributed by atoms with Gasteiger partial charge in [0, 0.05) is 5.69 Å². The minimum Gasteiger partial charge on any atom is -0.508 e. The lowest BCUT2D eigenvalue weighted by atomic mass is 10.0. The van der Waals surface area contributed by atoms with E-state index in [-0.39, 0.29) is 12.3 Å². The van der Waals surface area contributed by atoms with Crippen molar-refractivity contribution in [3.8, 4) is 5.75 Å². The van der Waals surface area contributed by atoms with Gasteiger partial charge in [-0.25, -0.2) is 0 Å². The topological polar surface area (TPSA) is 69.6 Å². The van der Waals surface area contributed by atoms with E-state index in [2.05, 4.69) is 5.32 Å². The van der Waals surface area contributed by atoms with Crippen molar-refractivity contribution in [1.29, 1.82) is 0 Å². The fraction of sp³-hybridized carbons (Fsp3) is 0.133. The lowest BCUT2D eigenvalue weighted by molar-refractivity contribution is -0.134. The van der Waals surface area contributed by atoms with Crippen LogP contribution >= 0.6 is 0 Å². The third-order valence-electron chi connectivity index (χ3n) is 2.74. The maximum atomic E-state index is 10.4. The number of rotatable bonds is 5. The number of phenols is 1. The van der Waals surface area contributed by atoms with Crippen LogP contribution in [0.4, 0.5) is 5.69 Å². The Bertz CT molecular complexity index is 547. The molecule has 2 rings (SSSR count). The Morgan fingerprint density at radius 3 is 2.00 bits per heavy atom. The van der Waals surface area contributed by atoms with Crippen molar-refractivity contribution in [3.05, 3.63) is 59.7 Å². The monoisotopic (exact) mass is 257 g/mol. The van der Waals surface area contributed by atoms with E-state index in [0.29, 0.717) is 0 Å². The minimum absolute atomic E-state index is 0.0860. The third-order valence-corrected chi connectivity index (χ3v) is 2.74. The van der Waals surface area contributed by atoms with Gasteiger partial charge in [0.15, 0.2) is 0 Å². The van der Waals surface area contributed by atoms with Crippen LogP contribution in [0.3, 0.4) is 0 Å². The highest BCUT2D eigenvalue weighted by atomic mass is 16.4. The van der Waals surface area contributed by atoms with Crippen molar-refractivity contribution in [3.63, 3.8) is 0 Å². The molecular formula is C15H15NO3. The molecule has 0 radical (unpaired) electrons. The largest absolute Gasteiger partial charge is 0.508 e. The van der Waals surface area contributed by atoms with Crippen molar-refractivity contribution in [2.75, 3.05) is 11.9 Å². The van der Waals surface area contributed by atoms with E-state index in [1.165, 1.54) is 0 Å². The molecule has 4 heteroatoms. The van der Waals surface area contributed by atoms with Gasteiger partial charge in [-0.1, -0.05) is 24.3 Å². The average Bonchev–Trinajstić information content (AvgIpc) is 2.40. The highest BCUT2D eigenvalue weighted by Crippen LogP contribution is 2.15. The number of nitrogens with one attached hydrogen (secondary N) is 1. The number of carboxylic acids is 1. The Kier molecular flexibility index (Phi) is 4.03. The third kappa shape index (κ3) is 4.03. The van der Waals surface area contributed by atoms with E-state index in [9.17, 15) is 9.90 Å². The van der Waals surface area contributed by atoms with Crippen LogP contribution in [0.15, 0.2) is 48.5 Å². The van der Waals surface area contributed by atoms with E-state index in [1.807, 2.05) is 36.4 Å². The molecular weight excluding hydrogens is 242 g/mol. The summed E-state index contributed by atoms with van der Waals surface area (Å²) in [6, 6.07) is 14.7. The van der Waals surface area contributed by atoms with Crippen LogP contribution in [0.2, 0.25) is 0 Å². The number of aromatic hydroxyl groups is 1. The predicted molar refractivity (Wildman–Crippen MR) is 73.5 cm³/mol. The fourth-order valence-corrected chi connectivity index (χ4v) is 1.77. The number of hydrogen-bond acceptors (Lipinski definition) is 3. The van der Waals surface area contributed by atoms with E-state index in [0.717, 1.165) is 23.2 Å². The minimum atomic E-state index is -0.881. The Morgan fingerprint density at radius 2 is 1.47 bits per heavy atom. The van der Waals surface area contributed by atoms with E-state index >= 15 is 0 Å².